The van der Waals surface area contributed by atoms with Crippen LogP contribution in [0.15, 0.2) is 103 Å². The van der Waals surface area contributed by atoms with Gasteiger partial charge in [0.25, 0.3) is 0 Å². The predicted octanol–water partition coefficient (Wildman–Crippen LogP) is 8.82. The molecule has 0 aliphatic heterocycles. The molecular weight excluding hydrogens is 374 g/mol. The normalized spacial score (nSPS) is 11.9. The zero-order chi connectivity index (χ0) is 22.1. The molecule has 0 aliphatic rings. The van der Waals surface area contributed by atoms with Gasteiger partial charge in [-0.1, -0.05) is 92.4 Å². The van der Waals surface area contributed by atoms with Crippen LogP contribution >= 0.6 is 0 Å². The number of hydrogen-bond acceptors (Lipinski definition) is 1. The number of nitrogens with zero attached hydrogens (tertiary/aromatic N) is 1. The minimum Gasteiger partial charge on any atom is -0.311 e. The van der Waals surface area contributed by atoms with Crippen molar-refractivity contribution in [1.82, 2.24) is 0 Å². The Kier molecular flexibility index (Phi) is 7.84. The van der Waals surface area contributed by atoms with Gasteiger partial charge in [0.2, 0.25) is 0 Å². The topological polar surface area (TPSA) is 3.24 Å². The molecule has 0 radical (unpaired) electrons. The Labute approximate surface area is 187 Å². The largest absolute Gasteiger partial charge is 0.311 e. The molecule has 0 atom stereocenters. The first-order valence-corrected chi connectivity index (χ1v) is 10.9. The van der Waals surface area contributed by atoms with Gasteiger partial charge in [-0.2, -0.15) is 0 Å². The van der Waals surface area contributed by atoms with E-state index in [2.05, 4.69) is 135 Å². The molecule has 0 heterocycles. The summed E-state index contributed by atoms with van der Waals surface area (Å²) >= 11 is 0. The molecule has 0 unspecified atom stereocenters. The predicted molar refractivity (Wildman–Crippen MR) is 138 cm³/mol. The number of allylic oxidation sites excluding steroid dienone is 3. The van der Waals surface area contributed by atoms with Crippen LogP contribution in [0.4, 0.5) is 11.4 Å². The average Bonchev–Trinajstić information content (AvgIpc) is 2.81. The van der Waals surface area contributed by atoms with Crippen molar-refractivity contribution in [2.75, 3.05) is 4.90 Å². The second-order valence-corrected chi connectivity index (χ2v) is 7.44. The number of benzene rings is 3. The van der Waals surface area contributed by atoms with E-state index >= 15 is 0 Å². The van der Waals surface area contributed by atoms with Gasteiger partial charge in [0, 0.05) is 17.1 Å². The van der Waals surface area contributed by atoms with E-state index < -0.39 is 0 Å². The van der Waals surface area contributed by atoms with Crippen molar-refractivity contribution in [3.8, 4) is 0 Å². The van der Waals surface area contributed by atoms with E-state index in [1.54, 1.807) is 0 Å². The zero-order valence-electron chi connectivity index (χ0n) is 18.8. The number of para-hydroxylation sites is 1. The lowest BCUT2D eigenvalue weighted by molar-refractivity contribution is 1.17. The third-order valence-electron chi connectivity index (χ3n) is 5.23. The van der Waals surface area contributed by atoms with Gasteiger partial charge >= 0.3 is 0 Å². The minimum absolute atomic E-state index is 1.01. The zero-order valence-corrected chi connectivity index (χ0v) is 18.8. The quantitative estimate of drug-likeness (QED) is 0.267. The molecule has 0 spiro atoms. The van der Waals surface area contributed by atoms with Gasteiger partial charge in [0.15, 0.2) is 0 Å². The summed E-state index contributed by atoms with van der Waals surface area (Å²) in [5.41, 5.74) is 8.24. The molecule has 0 bridgehead atoms. The second-order valence-electron chi connectivity index (χ2n) is 7.44. The van der Waals surface area contributed by atoms with E-state index in [4.69, 9.17) is 0 Å². The molecule has 1 nitrogen and oxygen atoms in total. The molecule has 0 saturated heterocycles. The van der Waals surface area contributed by atoms with Gasteiger partial charge in [0.1, 0.15) is 0 Å². The fraction of sp³-hybridized carbons (Fsp3) is 0.133. The highest BCUT2D eigenvalue weighted by Gasteiger charge is 2.11. The number of hydrogen-bond donors (Lipinski definition) is 0. The summed E-state index contributed by atoms with van der Waals surface area (Å²) in [4.78, 5) is 2.29. The molecule has 3 aromatic carbocycles. The maximum absolute atomic E-state index is 3.86. The molecule has 0 aliphatic carbocycles. The molecule has 0 fully saturated rings. The van der Waals surface area contributed by atoms with Gasteiger partial charge in [-0.05, 0) is 72.9 Å². The van der Waals surface area contributed by atoms with Crippen molar-refractivity contribution in [2.24, 2.45) is 0 Å². The van der Waals surface area contributed by atoms with Crippen molar-refractivity contribution in [3.63, 3.8) is 0 Å². The van der Waals surface area contributed by atoms with Crippen LogP contribution in [0.1, 0.15) is 42.5 Å². The first kappa shape index (κ1) is 22.1. The van der Waals surface area contributed by atoms with E-state index in [9.17, 15) is 0 Å². The summed E-state index contributed by atoms with van der Waals surface area (Å²) in [6.07, 6.45) is 13.8. The third kappa shape index (κ3) is 5.73. The molecule has 31 heavy (non-hydrogen) atoms. The Hall–Kier alpha value is -3.58. The van der Waals surface area contributed by atoms with Crippen molar-refractivity contribution in [2.45, 2.75) is 27.2 Å². The second kappa shape index (κ2) is 11.0. The highest BCUT2D eigenvalue weighted by Crippen LogP contribution is 2.31. The van der Waals surface area contributed by atoms with Gasteiger partial charge in [-0.25, -0.2) is 0 Å². The lowest BCUT2D eigenvalue weighted by atomic mass is 10.0. The standard InChI is InChI=1S/C30H31N/c1-5-8-12-28(7-3)31(29-13-10-9-11-14-29)30-21-18-25(19-22-30)15-16-26-17-20-27(6-2)24(4)23-26/h6-23H,2,5H2,1,3-4H3/b12-8-,16-15+,28-7+. The molecule has 1 heteroatoms. The average molecular weight is 406 g/mol. The molecule has 156 valence electrons. The molecule has 0 aromatic heterocycles. The Morgan fingerprint density at radius 2 is 1.52 bits per heavy atom. The molecule has 0 N–H and O–H groups in total. The van der Waals surface area contributed by atoms with E-state index in [0.29, 0.717) is 0 Å². The van der Waals surface area contributed by atoms with E-state index in [-0.39, 0.29) is 0 Å². The first-order valence-electron chi connectivity index (χ1n) is 10.9. The van der Waals surface area contributed by atoms with Crippen LogP contribution < -0.4 is 4.90 Å². The summed E-state index contributed by atoms with van der Waals surface area (Å²) in [5.74, 6) is 0. The maximum atomic E-state index is 3.86. The van der Waals surface area contributed by atoms with Crippen LogP contribution in [0.25, 0.3) is 18.2 Å². The van der Waals surface area contributed by atoms with Crippen molar-refractivity contribution >= 4 is 29.6 Å². The summed E-state index contributed by atoms with van der Waals surface area (Å²) in [6.45, 7) is 10.2. The molecule has 0 saturated carbocycles. The Morgan fingerprint density at radius 1 is 0.871 bits per heavy atom. The van der Waals surface area contributed by atoms with E-state index in [1.807, 2.05) is 6.08 Å². The van der Waals surface area contributed by atoms with Crippen LogP contribution in [0.2, 0.25) is 0 Å². The molecular formula is C30H31N. The summed E-state index contributed by atoms with van der Waals surface area (Å²) in [6, 6.07) is 25.6. The highest BCUT2D eigenvalue weighted by molar-refractivity contribution is 5.74. The Morgan fingerprint density at radius 3 is 2.13 bits per heavy atom. The minimum atomic E-state index is 1.01. The van der Waals surface area contributed by atoms with E-state index in [0.717, 1.165) is 23.5 Å². The lowest BCUT2D eigenvalue weighted by Gasteiger charge is -2.26. The molecule has 0 amide bonds. The summed E-state index contributed by atoms with van der Waals surface area (Å²) < 4.78 is 0. The van der Waals surface area contributed by atoms with Crippen LogP contribution in [0, 0.1) is 6.92 Å². The van der Waals surface area contributed by atoms with Crippen LogP contribution in [-0.4, -0.2) is 0 Å². The monoisotopic (exact) mass is 405 g/mol. The maximum Gasteiger partial charge on any atom is 0.0461 e. The fourth-order valence-electron chi connectivity index (χ4n) is 3.52. The number of aryl methyl sites for hydroxylation is 1. The molecule has 3 rings (SSSR count). The Balaban J connectivity index is 1.88. The van der Waals surface area contributed by atoms with Crippen LogP contribution in [-0.2, 0) is 0 Å². The van der Waals surface area contributed by atoms with Gasteiger partial charge < -0.3 is 4.90 Å². The van der Waals surface area contributed by atoms with Gasteiger partial charge in [-0.3, -0.25) is 0 Å². The number of anilines is 2. The SMILES string of the molecule is C=Cc1ccc(/C=C/c2ccc(N(C(/C=C\CC)=C/C)c3ccccc3)cc2)cc1C. The molecule has 3 aromatic rings. The Bertz CT molecular complexity index is 1080. The smallest absolute Gasteiger partial charge is 0.0461 e. The summed E-state index contributed by atoms with van der Waals surface area (Å²) in [7, 11) is 0. The summed E-state index contributed by atoms with van der Waals surface area (Å²) in [5, 5.41) is 0. The third-order valence-corrected chi connectivity index (χ3v) is 5.23. The highest BCUT2D eigenvalue weighted by atomic mass is 15.1. The first-order chi connectivity index (χ1) is 15.2. The van der Waals surface area contributed by atoms with E-state index in [1.165, 1.54) is 22.3 Å². The van der Waals surface area contributed by atoms with Gasteiger partial charge in [-0.15, -0.1) is 0 Å². The van der Waals surface area contributed by atoms with Gasteiger partial charge in [0.05, 0.1) is 0 Å². The number of rotatable bonds is 8. The lowest BCUT2D eigenvalue weighted by Crippen LogP contribution is -2.14. The fourth-order valence-corrected chi connectivity index (χ4v) is 3.52. The van der Waals surface area contributed by atoms with Crippen molar-refractivity contribution in [1.29, 1.82) is 0 Å². The van der Waals surface area contributed by atoms with Crippen LogP contribution in [0.5, 0.6) is 0 Å². The van der Waals surface area contributed by atoms with Crippen molar-refractivity contribution in [3.05, 3.63) is 126 Å². The van der Waals surface area contributed by atoms with Crippen LogP contribution in [0.3, 0.4) is 0 Å². The van der Waals surface area contributed by atoms with Crippen molar-refractivity contribution < 1.29 is 0 Å².